The van der Waals surface area contributed by atoms with Crippen molar-refractivity contribution in [1.29, 1.82) is 0 Å². The highest BCUT2D eigenvalue weighted by molar-refractivity contribution is 5.97. The van der Waals surface area contributed by atoms with Gasteiger partial charge in [0, 0.05) is 18.7 Å². The Morgan fingerprint density at radius 1 is 1.41 bits per heavy atom. The highest BCUT2D eigenvalue weighted by Crippen LogP contribution is 2.10. The SMILES string of the molecule is C=C/C(=C\C=C/C)N1CCC(=O)NC1=O.CC. The maximum atomic E-state index is 11.4. The molecule has 0 atom stereocenters. The number of amides is 3. The van der Waals surface area contributed by atoms with Gasteiger partial charge >= 0.3 is 6.03 Å². The molecule has 3 amide bonds. The van der Waals surface area contributed by atoms with E-state index >= 15 is 0 Å². The molecule has 0 saturated carbocycles. The third-order valence-electron chi connectivity index (χ3n) is 2.03. The first-order valence-corrected chi connectivity index (χ1v) is 5.75. The van der Waals surface area contributed by atoms with Gasteiger partial charge < -0.3 is 0 Å². The first-order valence-electron chi connectivity index (χ1n) is 5.75. The molecule has 0 unspecified atom stereocenters. The van der Waals surface area contributed by atoms with Crippen molar-refractivity contribution < 1.29 is 9.59 Å². The summed E-state index contributed by atoms with van der Waals surface area (Å²) >= 11 is 0. The molecule has 17 heavy (non-hydrogen) atoms. The largest absolute Gasteiger partial charge is 0.328 e. The van der Waals surface area contributed by atoms with E-state index in [-0.39, 0.29) is 11.9 Å². The quantitative estimate of drug-likeness (QED) is 0.766. The maximum absolute atomic E-state index is 11.4. The molecule has 1 fully saturated rings. The molecule has 1 heterocycles. The van der Waals surface area contributed by atoms with E-state index < -0.39 is 0 Å². The molecule has 4 nitrogen and oxygen atoms in total. The summed E-state index contributed by atoms with van der Waals surface area (Å²) in [5, 5.41) is 2.26. The van der Waals surface area contributed by atoms with Crippen LogP contribution in [0.5, 0.6) is 0 Å². The number of nitrogens with zero attached hydrogens (tertiary/aromatic N) is 1. The average molecular weight is 236 g/mol. The van der Waals surface area contributed by atoms with Crippen LogP contribution >= 0.6 is 0 Å². The Kier molecular flexibility index (Phi) is 7.43. The fourth-order valence-electron chi connectivity index (χ4n) is 1.27. The van der Waals surface area contributed by atoms with E-state index in [0.29, 0.717) is 18.7 Å². The van der Waals surface area contributed by atoms with Crippen LogP contribution in [0.15, 0.2) is 36.6 Å². The molecule has 0 aromatic rings. The lowest BCUT2D eigenvalue weighted by molar-refractivity contribution is -0.121. The van der Waals surface area contributed by atoms with Crippen LogP contribution in [0.3, 0.4) is 0 Å². The molecule has 4 heteroatoms. The van der Waals surface area contributed by atoms with E-state index in [0.717, 1.165) is 0 Å². The summed E-state index contributed by atoms with van der Waals surface area (Å²) in [5.41, 5.74) is 0.693. The maximum Gasteiger partial charge on any atom is 0.328 e. The summed E-state index contributed by atoms with van der Waals surface area (Å²) in [6.07, 6.45) is 7.38. The van der Waals surface area contributed by atoms with Gasteiger partial charge in [-0.25, -0.2) is 4.79 Å². The monoisotopic (exact) mass is 236 g/mol. The molecule has 1 aliphatic heterocycles. The van der Waals surface area contributed by atoms with Gasteiger partial charge in [-0.15, -0.1) is 0 Å². The second kappa shape index (κ2) is 8.33. The fraction of sp³-hybridized carbons (Fsp3) is 0.385. The molecule has 94 valence electrons. The third kappa shape index (κ3) is 4.68. The topological polar surface area (TPSA) is 49.4 Å². The second-order valence-corrected chi connectivity index (χ2v) is 3.08. The van der Waals surface area contributed by atoms with Gasteiger partial charge in [-0.3, -0.25) is 15.0 Å². The number of allylic oxidation sites excluding steroid dienone is 4. The van der Waals surface area contributed by atoms with Gasteiger partial charge in [0.05, 0.1) is 0 Å². The minimum atomic E-state index is -0.387. The smallest absolute Gasteiger partial charge is 0.294 e. The number of hydrogen-bond donors (Lipinski definition) is 1. The number of urea groups is 1. The van der Waals surface area contributed by atoms with Gasteiger partial charge in [0.25, 0.3) is 0 Å². The molecule has 1 aliphatic rings. The van der Waals surface area contributed by atoms with Crippen LogP contribution in [0.4, 0.5) is 4.79 Å². The van der Waals surface area contributed by atoms with E-state index in [4.69, 9.17) is 0 Å². The number of nitrogens with one attached hydrogen (secondary N) is 1. The van der Waals surface area contributed by atoms with Crippen molar-refractivity contribution in [2.45, 2.75) is 27.2 Å². The van der Waals surface area contributed by atoms with Crippen molar-refractivity contribution in [2.75, 3.05) is 6.54 Å². The molecule has 1 rings (SSSR count). The molecule has 0 spiro atoms. The first-order chi connectivity index (χ1) is 8.19. The normalized spacial score (nSPS) is 16.4. The average Bonchev–Trinajstić information content (AvgIpc) is 2.34. The minimum absolute atomic E-state index is 0.231. The molecule has 1 N–H and O–H groups in total. The predicted octanol–water partition coefficient (Wildman–Crippen LogP) is 2.60. The molecular weight excluding hydrogens is 216 g/mol. The molecule has 0 radical (unpaired) electrons. The summed E-state index contributed by atoms with van der Waals surface area (Å²) in [4.78, 5) is 23.9. The predicted molar refractivity (Wildman–Crippen MR) is 69.3 cm³/mol. The molecule has 0 aliphatic carbocycles. The molecule has 0 bridgehead atoms. The van der Waals surface area contributed by atoms with Crippen molar-refractivity contribution in [3.63, 3.8) is 0 Å². The van der Waals surface area contributed by atoms with Gasteiger partial charge in [0.2, 0.25) is 5.91 Å². The Labute approximate surface area is 103 Å². The first kappa shape index (κ1) is 15.2. The zero-order valence-electron chi connectivity index (χ0n) is 10.7. The standard InChI is InChI=1S/C11H14N2O2.C2H6/c1-3-5-6-9(4-2)13-8-7-10(14)12-11(13)15;1-2/h3-6H,2,7-8H2,1H3,(H,12,14,15);1-2H3/b5-3-,9-6+;. The number of carbonyl (C=O) groups is 2. The van der Waals surface area contributed by atoms with Gasteiger partial charge in [0.15, 0.2) is 0 Å². The lowest BCUT2D eigenvalue weighted by Crippen LogP contribution is -2.48. The van der Waals surface area contributed by atoms with Crippen LogP contribution in [0.25, 0.3) is 0 Å². The highest BCUT2D eigenvalue weighted by atomic mass is 16.2. The van der Waals surface area contributed by atoms with Crippen molar-refractivity contribution in [3.8, 4) is 0 Å². The fourth-order valence-corrected chi connectivity index (χ4v) is 1.27. The van der Waals surface area contributed by atoms with Gasteiger partial charge in [-0.2, -0.15) is 0 Å². The summed E-state index contributed by atoms with van der Waals surface area (Å²) in [6.45, 7) is 9.92. The highest BCUT2D eigenvalue weighted by Gasteiger charge is 2.23. The number of rotatable bonds is 3. The van der Waals surface area contributed by atoms with E-state index in [1.807, 2.05) is 32.9 Å². The number of imide groups is 1. The van der Waals surface area contributed by atoms with Crippen molar-refractivity contribution in [1.82, 2.24) is 10.2 Å². The number of carbonyl (C=O) groups excluding carboxylic acids is 2. The molecular formula is C13H20N2O2. The Bertz CT molecular complexity index is 343. The van der Waals surface area contributed by atoms with Crippen LogP contribution in [0, 0.1) is 0 Å². The van der Waals surface area contributed by atoms with Crippen molar-refractivity contribution in [2.24, 2.45) is 0 Å². The summed E-state index contributed by atoms with van der Waals surface area (Å²) in [5.74, 6) is -0.231. The Hall–Kier alpha value is -1.84. The van der Waals surface area contributed by atoms with Crippen LogP contribution in [0.1, 0.15) is 27.2 Å². The summed E-state index contributed by atoms with van der Waals surface area (Å²) in [6, 6.07) is -0.387. The Balaban J connectivity index is 0.00000121. The summed E-state index contributed by atoms with van der Waals surface area (Å²) < 4.78 is 0. The van der Waals surface area contributed by atoms with E-state index in [9.17, 15) is 9.59 Å². The van der Waals surface area contributed by atoms with E-state index in [1.54, 1.807) is 12.2 Å². The van der Waals surface area contributed by atoms with Crippen LogP contribution in [-0.2, 0) is 4.79 Å². The second-order valence-electron chi connectivity index (χ2n) is 3.08. The van der Waals surface area contributed by atoms with Crippen molar-refractivity contribution >= 4 is 11.9 Å². The lowest BCUT2D eigenvalue weighted by atomic mass is 10.2. The molecule has 1 saturated heterocycles. The number of hydrogen-bond acceptors (Lipinski definition) is 2. The molecule has 0 aromatic heterocycles. The van der Waals surface area contributed by atoms with Crippen LogP contribution in [0.2, 0.25) is 0 Å². The van der Waals surface area contributed by atoms with Gasteiger partial charge in [0.1, 0.15) is 0 Å². The zero-order chi connectivity index (χ0) is 13.3. The van der Waals surface area contributed by atoms with Gasteiger partial charge in [-0.05, 0) is 19.1 Å². The van der Waals surface area contributed by atoms with E-state index in [1.165, 1.54) is 4.90 Å². The van der Waals surface area contributed by atoms with Crippen LogP contribution in [-0.4, -0.2) is 23.4 Å². The van der Waals surface area contributed by atoms with E-state index in [2.05, 4.69) is 11.9 Å². The van der Waals surface area contributed by atoms with Crippen LogP contribution < -0.4 is 5.32 Å². The van der Waals surface area contributed by atoms with Gasteiger partial charge in [-0.1, -0.05) is 32.6 Å². The minimum Gasteiger partial charge on any atom is -0.294 e. The third-order valence-corrected chi connectivity index (χ3v) is 2.03. The molecule has 0 aromatic carbocycles. The Morgan fingerprint density at radius 2 is 2.06 bits per heavy atom. The zero-order valence-corrected chi connectivity index (χ0v) is 10.7. The lowest BCUT2D eigenvalue weighted by Gasteiger charge is -2.27. The summed E-state index contributed by atoms with van der Waals surface area (Å²) in [7, 11) is 0. The van der Waals surface area contributed by atoms with Crippen molar-refractivity contribution in [3.05, 3.63) is 36.6 Å². The Morgan fingerprint density at radius 3 is 2.53 bits per heavy atom.